The lowest BCUT2D eigenvalue weighted by Gasteiger charge is -2.11. The molecule has 0 saturated carbocycles. The third-order valence-electron chi connectivity index (χ3n) is 3.55. The van der Waals surface area contributed by atoms with Crippen LogP contribution in [0.5, 0.6) is 5.75 Å². The summed E-state index contributed by atoms with van der Waals surface area (Å²) in [5, 5.41) is 9.63. The van der Waals surface area contributed by atoms with Crippen LogP contribution in [0.1, 0.15) is 24.7 Å². The van der Waals surface area contributed by atoms with Gasteiger partial charge in [-0.15, -0.1) is 0 Å². The van der Waals surface area contributed by atoms with Crippen LogP contribution in [0, 0.1) is 11.3 Å². The van der Waals surface area contributed by atoms with E-state index in [2.05, 4.69) is 54.8 Å². The van der Waals surface area contributed by atoms with E-state index in [1.165, 1.54) is 0 Å². The van der Waals surface area contributed by atoms with E-state index in [1.54, 1.807) is 6.08 Å². The number of benzene rings is 2. The molecule has 0 aliphatic rings. The molecule has 0 radical (unpaired) electrons. The van der Waals surface area contributed by atoms with E-state index in [9.17, 15) is 5.26 Å². The maximum atomic E-state index is 9.63. The first-order valence-electron chi connectivity index (χ1n) is 7.81. The zero-order valence-electron chi connectivity index (χ0n) is 13.5. The monoisotopic (exact) mass is 459 g/mol. The largest absolute Gasteiger partial charge is 0.492 e. The molecule has 0 aliphatic carbocycles. The van der Waals surface area contributed by atoms with Gasteiger partial charge >= 0.3 is 0 Å². The molecule has 0 bridgehead atoms. The van der Waals surface area contributed by atoms with Crippen LogP contribution >= 0.6 is 31.9 Å². The number of H-pyrrole nitrogens is 1. The van der Waals surface area contributed by atoms with Crippen LogP contribution in [-0.2, 0) is 0 Å². The van der Waals surface area contributed by atoms with Crippen LogP contribution in [0.3, 0.4) is 0 Å². The molecule has 0 aliphatic heterocycles. The van der Waals surface area contributed by atoms with Gasteiger partial charge < -0.3 is 9.72 Å². The molecular formula is C19H15Br2N3O. The fourth-order valence-electron chi connectivity index (χ4n) is 2.43. The summed E-state index contributed by atoms with van der Waals surface area (Å²) in [5.41, 5.74) is 2.99. The maximum Gasteiger partial charge on any atom is 0.149 e. The first-order valence-corrected chi connectivity index (χ1v) is 9.39. The fraction of sp³-hybridized carbons (Fsp3) is 0.158. The Kier molecular flexibility index (Phi) is 5.57. The van der Waals surface area contributed by atoms with Gasteiger partial charge in [0.1, 0.15) is 17.6 Å². The molecule has 0 fully saturated rings. The zero-order valence-corrected chi connectivity index (χ0v) is 16.7. The predicted molar refractivity (Wildman–Crippen MR) is 107 cm³/mol. The van der Waals surface area contributed by atoms with Gasteiger partial charge in [0, 0.05) is 10.0 Å². The lowest BCUT2D eigenvalue weighted by atomic mass is 10.1. The number of aromatic nitrogens is 2. The predicted octanol–water partition coefficient (Wildman–Crippen LogP) is 5.94. The van der Waals surface area contributed by atoms with Crippen LogP contribution in [0.4, 0.5) is 0 Å². The zero-order chi connectivity index (χ0) is 17.8. The molecule has 6 heteroatoms. The Labute approximate surface area is 162 Å². The highest BCUT2D eigenvalue weighted by Gasteiger charge is 2.13. The molecule has 0 saturated heterocycles. The molecule has 0 unspecified atom stereocenters. The Balaban J connectivity index is 2.09. The number of ether oxygens (including phenoxy) is 1. The molecule has 1 N–H and O–H groups in total. The Morgan fingerprint density at radius 2 is 2.12 bits per heavy atom. The van der Waals surface area contributed by atoms with Gasteiger partial charge in [0.25, 0.3) is 0 Å². The van der Waals surface area contributed by atoms with Crippen molar-refractivity contribution in [3.8, 4) is 11.8 Å². The van der Waals surface area contributed by atoms with Crippen molar-refractivity contribution in [2.75, 3.05) is 6.61 Å². The third kappa shape index (κ3) is 3.94. The van der Waals surface area contributed by atoms with Crippen LogP contribution in [0.2, 0.25) is 0 Å². The van der Waals surface area contributed by atoms with Crippen molar-refractivity contribution in [2.24, 2.45) is 0 Å². The molecular weight excluding hydrogens is 446 g/mol. The van der Waals surface area contributed by atoms with Crippen LogP contribution < -0.4 is 4.74 Å². The van der Waals surface area contributed by atoms with Gasteiger partial charge in [-0.25, -0.2) is 4.98 Å². The minimum absolute atomic E-state index is 0.447. The summed E-state index contributed by atoms with van der Waals surface area (Å²) < 4.78 is 7.60. The van der Waals surface area contributed by atoms with E-state index in [-0.39, 0.29) is 0 Å². The lowest BCUT2D eigenvalue weighted by molar-refractivity contribution is 0.315. The summed E-state index contributed by atoms with van der Waals surface area (Å²) >= 11 is 7.02. The first-order chi connectivity index (χ1) is 12.1. The number of fused-ring (bicyclic) bond motifs is 1. The van der Waals surface area contributed by atoms with Gasteiger partial charge in [-0.2, -0.15) is 5.26 Å². The van der Waals surface area contributed by atoms with Crippen molar-refractivity contribution in [3.05, 3.63) is 56.7 Å². The number of allylic oxidation sites excluding steroid dienone is 1. The SMILES string of the molecule is CCCOc1c(Br)cc(Br)cc1/C=C(\C#N)c1nc2ccccc2[nH]1. The van der Waals surface area contributed by atoms with Crippen LogP contribution in [-0.4, -0.2) is 16.6 Å². The molecule has 2 aromatic carbocycles. The van der Waals surface area contributed by atoms with E-state index in [1.807, 2.05) is 36.4 Å². The second-order valence-electron chi connectivity index (χ2n) is 5.43. The topological polar surface area (TPSA) is 61.7 Å². The number of nitrogens with one attached hydrogen (secondary N) is 1. The van der Waals surface area contributed by atoms with Crippen molar-refractivity contribution in [1.82, 2.24) is 9.97 Å². The molecule has 3 aromatic rings. The highest BCUT2D eigenvalue weighted by molar-refractivity contribution is 9.11. The summed E-state index contributed by atoms with van der Waals surface area (Å²) in [5.74, 6) is 1.26. The number of halogens is 2. The standard InChI is InChI=1S/C19H15Br2N3O/c1-2-7-25-18-12(9-14(20)10-15(18)21)8-13(11-22)19-23-16-5-3-4-6-17(16)24-19/h3-6,8-10H,2,7H2,1H3,(H,23,24)/b13-8+. The Bertz CT molecular complexity index is 953. The number of para-hydroxylation sites is 2. The fourth-order valence-corrected chi connectivity index (χ4v) is 3.81. The molecule has 126 valence electrons. The summed E-state index contributed by atoms with van der Waals surface area (Å²) in [6.45, 7) is 2.66. The second kappa shape index (κ2) is 7.85. The summed E-state index contributed by atoms with van der Waals surface area (Å²) in [7, 11) is 0. The summed E-state index contributed by atoms with van der Waals surface area (Å²) in [6.07, 6.45) is 2.69. The van der Waals surface area contributed by atoms with E-state index in [0.29, 0.717) is 23.8 Å². The molecule has 1 heterocycles. The lowest BCUT2D eigenvalue weighted by Crippen LogP contribution is -1.98. The molecule has 0 atom stereocenters. The number of aromatic amines is 1. The smallest absolute Gasteiger partial charge is 0.149 e. The van der Waals surface area contributed by atoms with Crippen molar-refractivity contribution >= 4 is 54.5 Å². The van der Waals surface area contributed by atoms with Gasteiger partial charge in [0.15, 0.2) is 0 Å². The average molecular weight is 461 g/mol. The second-order valence-corrected chi connectivity index (χ2v) is 7.20. The molecule has 1 aromatic heterocycles. The maximum absolute atomic E-state index is 9.63. The molecule has 3 rings (SSSR count). The molecule has 25 heavy (non-hydrogen) atoms. The quantitative estimate of drug-likeness (QED) is 0.479. The van der Waals surface area contributed by atoms with Gasteiger partial charge in [-0.1, -0.05) is 35.0 Å². The number of nitrogens with zero attached hydrogens (tertiary/aromatic N) is 2. The summed E-state index contributed by atoms with van der Waals surface area (Å²) in [6, 6.07) is 13.8. The first kappa shape index (κ1) is 17.7. The number of nitriles is 1. The van der Waals surface area contributed by atoms with Crippen molar-refractivity contribution in [2.45, 2.75) is 13.3 Å². The normalized spacial score (nSPS) is 11.5. The van der Waals surface area contributed by atoms with Gasteiger partial charge in [-0.05, 0) is 52.7 Å². The minimum atomic E-state index is 0.447. The third-order valence-corrected chi connectivity index (χ3v) is 4.60. The number of rotatable bonds is 5. The van der Waals surface area contributed by atoms with E-state index >= 15 is 0 Å². The van der Waals surface area contributed by atoms with Gasteiger partial charge in [0.05, 0.1) is 27.7 Å². The minimum Gasteiger partial charge on any atom is -0.492 e. The Morgan fingerprint density at radius 3 is 2.84 bits per heavy atom. The van der Waals surface area contributed by atoms with Crippen molar-refractivity contribution in [3.63, 3.8) is 0 Å². The Morgan fingerprint density at radius 1 is 1.32 bits per heavy atom. The van der Waals surface area contributed by atoms with Crippen LogP contribution in [0.25, 0.3) is 22.7 Å². The molecule has 4 nitrogen and oxygen atoms in total. The highest BCUT2D eigenvalue weighted by atomic mass is 79.9. The number of hydrogen-bond acceptors (Lipinski definition) is 3. The average Bonchev–Trinajstić information content (AvgIpc) is 3.02. The van der Waals surface area contributed by atoms with Gasteiger partial charge in [0.2, 0.25) is 0 Å². The van der Waals surface area contributed by atoms with E-state index in [0.717, 1.165) is 32.0 Å². The summed E-state index contributed by atoms with van der Waals surface area (Å²) in [4.78, 5) is 7.70. The van der Waals surface area contributed by atoms with Crippen LogP contribution in [0.15, 0.2) is 45.3 Å². The number of imidazole rings is 1. The highest BCUT2D eigenvalue weighted by Crippen LogP contribution is 2.35. The van der Waals surface area contributed by atoms with Crippen molar-refractivity contribution < 1.29 is 4.74 Å². The van der Waals surface area contributed by atoms with Crippen molar-refractivity contribution in [1.29, 1.82) is 5.26 Å². The van der Waals surface area contributed by atoms with Gasteiger partial charge in [-0.3, -0.25) is 0 Å². The Hall–Kier alpha value is -2.10. The van der Waals surface area contributed by atoms with E-state index in [4.69, 9.17) is 4.74 Å². The number of hydrogen-bond donors (Lipinski definition) is 1. The molecule has 0 spiro atoms. The molecule has 0 amide bonds. The van der Waals surface area contributed by atoms with E-state index < -0.39 is 0 Å².